The zero-order valence-corrected chi connectivity index (χ0v) is 9.09. The van der Waals surface area contributed by atoms with Gasteiger partial charge in [0.25, 0.3) is 0 Å². The number of halogens is 1. The number of sulfone groups is 1. The first-order valence-corrected chi connectivity index (χ1v) is 6.27. The van der Waals surface area contributed by atoms with Gasteiger partial charge in [-0.2, -0.15) is 0 Å². The summed E-state index contributed by atoms with van der Waals surface area (Å²) in [6.45, 7) is 1.56. The zero-order chi connectivity index (χ0) is 11.2. The van der Waals surface area contributed by atoms with Crippen molar-refractivity contribution in [3.8, 4) is 0 Å². The molecule has 0 bridgehead atoms. The lowest BCUT2D eigenvalue weighted by Crippen LogP contribution is -2.32. The highest BCUT2D eigenvalue weighted by Crippen LogP contribution is 2.36. The van der Waals surface area contributed by atoms with Crippen LogP contribution in [0.3, 0.4) is 0 Å². The second-order valence-corrected chi connectivity index (χ2v) is 6.16. The SMILES string of the molecule is CC1CC(N)c2cccc(F)c2S1(=O)=O. The maximum atomic E-state index is 13.5. The third kappa shape index (κ3) is 1.46. The molecule has 1 aromatic carbocycles. The first-order valence-electron chi connectivity index (χ1n) is 4.72. The fourth-order valence-electron chi connectivity index (χ4n) is 1.93. The summed E-state index contributed by atoms with van der Waals surface area (Å²) in [7, 11) is -3.54. The Kier molecular flexibility index (Phi) is 2.31. The molecule has 0 amide bonds. The molecule has 1 aromatic rings. The quantitative estimate of drug-likeness (QED) is 0.731. The number of benzene rings is 1. The van der Waals surface area contributed by atoms with Crippen LogP contribution in [-0.4, -0.2) is 13.7 Å². The molecule has 82 valence electrons. The summed E-state index contributed by atoms with van der Waals surface area (Å²) in [5.41, 5.74) is 6.19. The average Bonchev–Trinajstić information content (AvgIpc) is 2.14. The Bertz CT molecular complexity index is 498. The van der Waals surface area contributed by atoms with Crippen molar-refractivity contribution in [1.29, 1.82) is 0 Å². The van der Waals surface area contributed by atoms with Gasteiger partial charge in [0.1, 0.15) is 10.7 Å². The second-order valence-electron chi connectivity index (χ2n) is 3.86. The second kappa shape index (κ2) is 3.28. The number of fused-ring (bicyclic) bond motifs is 1. The fourth-order valence-corrected chi connectivity index (χ4v) is 3.68. The first-order chi connectivity index (χ1) is 6.94. The normalized spacial score (nSPS) is 28.5. The van der Waals surface area contributed by atoms with Gasteiger partial charge >= 0.3 is 0 Å². The summed E-state index contributed by atoms with van der Waals surface area (Å²) >= 11 is 0. The zero-order valence-electron chi connectivity index (χ0n) is 8.27. The van der Waals surface area contributed by atoms with E-state index >= 15 is 0 Å². The molecule has 3 nitrogen and oxygen atoms in total. The standard InChI is InChI=1S/C10H12FNO2S/c1-6-5-9(12)7-3-2-4-8(11)10(7)15(6,13)14/h2-4,6,9H,5,12H2,1H3. The molecule has 0 aliphatic carbocycles. The van der Waals surface area contributed by atoms with Gasteiger partial charge in [0.2, 0.25) is 0 Å². The van der Waals surface area contributed by atoms with Crippen molar-refractivity contribution >= 4 is 9.84 Å². The summed E-state index contributed by atoms with van der Waals surface area (Å²) in [6, 6.07) is 3.82. The summed E-state index contributed by atoms with van der Waals surface area (Å²) in [4.78, 5) is -0.212. The minimum absolute atomic E-state index is 0.212. The van der Waals surface area contributed by atoms with Gasteiger partial charge in [-0.1, -0.05) is 12.1 Å². The van der Waals surface area contributed by atoms with Crippen molar-refractivity contribution in [1.82, 2.24) is 0 Å². The molecule has 2 N–H and O–H groups in total. The van der Waals surface area contributed by atoms with Gasteiger partial charge < -0.3 is 5.73 Å². The van der Waals surface area contributed by atoms with Gasteiger partial charge in [-0.3, -0.25) is 0 Å². The van der Waals surface area contributed by atoms with Crippen LogP contribution < -0.4 is 5.73 Å². The molecule has 1 heterocycles. The summed E-state index contributed by atoms with van der Waals surface area (Å²) in [5, 5.41) is -0.614. The van der Waals surface area contributed by atoms with Crippen molar-refractivity contribution in [3.05, 3.63) is 29.6 Å². The van der Waals surface area contributed by atoms with E-state index in [1.165, 1.54) is 6.07 Å². The lowest BCUT2D eigenvalue weighted by atomic mass is 10.0. The minimum Gasteiger partial charge on any atom is -0.324 e. The number of nitrogens with two attached hydrogens (primary N) is 1. The molecule has 2 rings (SSSR count). The van der Waals surface area contributed by atoms with Gasteiger partial charge in [0, 0.05) is 6.04 Å². The van der Waals surface area contributed by atoms with Crippen LogP contribution in [0, 0.1) is 5.82 Å². The highest BCUT2D eigenvalue weighted by atomic mass is 32.2. The van der Waals surface area contributed by atoms with Gasteiger partial charge in [-0.25, -0.2) is 12.8 Å². The lowest BCUT2D eigenvalue weighted by Gasteiger charge is -2.27. The molecular formula is C10H12FNO2S. The maximum Gasteiger partial charge on any atom is 0.184 e. The Hall–Kier alpha value is -0.940. The Balaban J connectivity index is 2.78. The first kappa shape index (κ1) is 10.6. The Labute approximate surface area is 88.0 Å². The fraction of sp³-hybridized carbons (Fsp3) is 0.400. The number of hydrogen-bond donors (Lipinski definition) is 1. The minimum atomic E-state index is -3.54. The van der Waals surface area contributed by atoms with Crippen LogP contribution in [0.15, 0.2) is 23.1 Å². The molecule has 1 aliphatic rings. The topological polar surface area (TPSA) is 60.2 Å². The number of hydrogen-bond acceptors (Lipinski definition) is 3. The van der Waals surface area contributed by atoms with Crippen LogP contribution in [0.2, 0.25) is 0 Å². The molecule has 15 heavy (non-hydrogen) atoms. The predicted molar refractivity (Wildman–Crippen MR) is 54.6 cm³/mol. The van der Waals surface area contributed by atoms with Crippen LogP contribution in [0.4, 0.5) is 4.39 Å². The molecule has 0 saturated carbocycles. The third-order valence-corrected chi connectivity index (χ3v) is 5.05. The highest BCUT2D eigenvalue weighted by molar-refractivity contribution is 7.92. The van der Waals surface area contributed by atoms with E-state index in [0.717, 1.165) is 6.07 Å². The lowest BCUT2D eigenvalue weighted by molar-refractivity contribution is 0.511. The molecule has 0 fully saturated rings. The molecule has 0 saturated heterocycles. The molecule has 1 aliphatic heterocycles. The third-order valence-electron chi connectivity index (χ3n) is 2.80. The molecule has 2 atom stereocenters. The van der Waals surface area contributed by atoms with Crippen LogP contribution in [0.1, 0.15) is 24.9 Å². The Morgan fingerprint density at radius 2 is 2.13 bits per heavy atom. The van der Waals surface area contributed by atoms with E-state index in [4.69, 9.17) is 5.73 Å². The van der Waals surface area contributed by atoms with E-state index in [1.807, 2.05) is 0 Å². The van der Waals surface area contributed by atoms with Crippen molar-refractivity contribution in [2.45, 2.75) is 29.5 Å². The van der Waals surface area contributed by atoms with Crippen molar-refractivity contribution < 1.29 is 12.8 Å². The molecule has 0 radical (unpaired) electrons. The van der Waals surface area contributed by atoms with E-state index in [1.54, 1.807) is 13.0 Å². The number of rotatable bonds is 0. The average molecular weight is 229 g/mol. The van der Waals surface area contributed by atoms with Crippen LogP contribution in [0.5, 0.6) is 0 Å². The predicted octanol–water partition coefficient (Wildman–Crippen LogP) is 1.39. The van der Waals surface area contributed by atoms with E-state index in [0.29, 0.717) is 12.0 Å². The van der Waals surface area contributed by atoms with Gasteiger partial charge in [0.05, 0.1) is 5.25 Å². The summed E-state index contributed by atoms with van der Waals surface area (Å²) < 4.78 is 37.2. The monoisotopic (exact) mass is 229 g/mol. The van der Waals surface area contributed by atoms with Gasteiger partial charge in [0.15, 0.2) is 9.84 Å². The molecule has 5 heteroatoms. The summed E-state index contributed by atoms with van der Waals surface area (Å²) in [6.07, 6.45) is 0.346. The van der Waals surface area contributed by atoms with Gasteiger partial charge in [-0.15, -0.1) is 0 Å². The van der Waals surface area contributed by atoms with Crippen molar-refractivity contribution in [2.75, 3.05) is 0 Å². The van der Waals surface area contributed by atoms with E-state index in [-0.39, 0.29) is 4.90 Å². The maximum absolute atomic E-state index is 13.5. The Morgan fingerprint density at radius 3 is 2.80 bits per heavy atom. The van der Waals surface area contributed by atoms with Crippen molar-refractivity contribution in [3.63, 3.8) is 0 Å². The molecular weight excluding hydrogens is 217 g/mol. The van der Waals surface area contributed by atoms with Crippen LogP contribution in [-0.2, 0) is 9.84 Å². The molecule has 0 aromatic heterocycles. The van der Waals surface area contributed by atoms with E-state index in [2.05, 4.69) is 0 Å². The van der Waals surface area contributed by atoms with E-state index in [9.17, 15) is 12.8 Å². The van der Waals surface area contributed by atoms with Crippen LogP contribution in [0.25, 0.3) is 0 Å². The van der Waals surface area contributed by atoms with E-state index < -0.39 is 26.9 Å². The summed E-state index contributed by atoms with van der Waals surface area (Å²) in [5.74, 6) is -0.700. The molecule has 2 unspecified atom stereocenters. The van der Waals surface area contributed by atoms with Crippen LogP contribution >= 0.6 is 0 Å². The highest BCUT2D eigenvalue weighted by Gasteiger charge is 2.36. The van der Waals surface area contributed by atoms with Crippen molar-refractivity contribution in [2.24, 2.45) is 5.73 Å². The van der Waals surface area contributed by atoms with Gasteiger partial charge in [-0.05, 0) is 25.0 Å². The molecule has 0 spiro atoms. The smallest absolute Gasteiger partial charge is 0.184 e. The Morgan fingerprint density at radius 1 is 1.47 bits per heavy atom. The largest absolute Gasteiger partial charge is 0.324 e.